The van der Waals surface area contributed by atoms with Crippen LogP contribution in [-0.4, -0.2) is 23.8 Å². The Bertz CT molecular complexity index is 308. The summed E-state index contributed by atoms with van der Waals surface area (Å²) in [4.78, 5) is 0. The van der Waals surface area contributed by atoms with Crippen molar-refractivity contribution < 1.29 is 5.11 Å². The maximum atomic E-state index is 9.34. The summed E-state index contributed by atoms with van der Waals surface area (Å²) in [7, 11) is 0. The fourth-order valence-electron chi connectivity index (χ4n) is 2.12. The lowest BCUT2D eigenvalue weighted by Crippen LogP contribution is -2.35. The highest BCUT2D eigenvalue weighted by Crippen LogP contribution is 2.24. The summed E-state index contributed by atoms with van der Waals surface area (Å²) in [5.74, 6) is 0.504. The van der Waals surface area contributed by atoms with Crippen molar-refractivity contribution >= 4 is 0 Å². The van der Waals surface area contributed by atoms with Crippen molar-refractivity contribution in [1.29, 1.82) is 0 Å². The second-order valence-electron chi connectivity index (χ2n) is 4.87. The predicted octanol–water partition coefficient (Wildman–Crippen LogP) is 2.29. The van der Waals surface area contributed by atoms with Crippen LogP contribution >= 0.6 is 0 Å². The largest absolute Gasteiger partial charge is 0.395 e. The average molecular weight is 219 g/mol. The molecule has 0 radical (unpaired) electrons. The minimum atomic E-state index is 0.244. The Morgan fingerprint density at radius 2 is 2.00 bits per heavy atom. The van der Waals surface area contributed by atoms with Gasteiger partial charge in [0.15, 0.2) is 0 Å². The highest BCUT2D eigenvalue weighted by molar-refractivity contribution is 5.18. The van der Waals surface area contributed by atoms with Crippen LogP contribution in [0.25, 0.3) is 0 Å². The molecule has 1 aliphatic carbocycles. The van der Waals surface area contributed by atoms with Crippen LogP contribution in [0.5, 0.6) is 0 Å². The van der Waals surface area contributed by atoms with E-state index in [9.17, 15) is 5.11 Å². The Morgan fingerprint density at radius 1 is 1.31 bits per heavy atom. The van der Waals surface area contributed by atoms with Gasteiger partial charge in [-0.2, -0.15) is 0 Å². The summed E-state index contributed by atoms with van der Waals surface area (Å²) in [5, 5.41) is 12.8. The molecule has 2 nitrogen and oxygen atoms in total. The summed E-state index contributed by atoms with van der Waals surface area (Å²) in [6, 6.07) is 11.4. The lowest BCUT2D eigenvalue weighted by molar-refractivity contribution is 0.229. The lowest BCUT2D eigenvalue weighted by Gasteiger charge is -2.20. The Morgan fingerprint density at radius 3 is 2.56 bits per heavy atom. The van der Waals surface area contributed by atoms with Gasteiger partial charge < -0.3 is 10.4 Å². The van der Waals surface area contributed by atoms with Gasteiger partial charge in [0.1, 0.15) is 0 Å². The van der Waals surface area contributed by atoms with Gasteiger partial charge in [-0.15, -0.1) is 0 Å². The van der Waals surface area contributed by atoms with Gasteiger partial charge in [-0.3, -0.25) is 0 Å². The number of rotatable bonds is 6. The third-order valence-corrected chi connectivity index (χ3v) is 3.28. The first-order chi connectivity index (χ1) is 7.79. The maximum Gasteiger partial charge on any atom is 0.0584 e. The molecule has 0 spiro atoms. The van der Waals surface area contributed by atoms with Gasteiger partial charge in [-0.05, 0) is 30.7 Å². The van der Waals surface area contributed by atoms with Crippen LogP contribution in [0.15, 0.2) is 30.3 Å². The summed E-state index contributed by atoms with van der Waals surface area (Å²) in [6.07, 6.45) is 3.56. The molecular formula is C14H21NO. The van der Waals surface area contributed by atoms with Gasteiger partial charge >= 0.3 is 0 Å². The van der Waals surface area contributed by atoms with Crippen LogP contribution in [0.4, 0.5) is 0 Å². The topological polar surface area (TPSA) is 32.3 Å². The minimum Gasteiger partial charge on any atom is -0.395 e. The first kappa shape index (κ1) is 11.6. The monoisotopic (exact) mass is 219 g/mol. The van der Waals surface area contributed by atoms with Gasteiger partial charge in [-0.1, -0.05) is 37.3 Å². The smallest absolute Gasteiger partial charge is 0.0584 e. The van der Waals surface area contributed by atoms with E-state index in [0.717, 1.165) is 6.42 Å². The van der Waals surface area contributed by atoms with Gasteiger partial charge in [0.2, 0.25) is 0 Å². The Kier molecular flexibility index (Phi) is 3.97. The fraction of sp³-hybridized carbons (Fsp3) is 0.571. The van der Waals surface area contributed by atoms with E-state index in [1.54, 1.807) is 0 Å². The van der Waals surface area contributed by atoms with E-state index in [-0.39, 0.29) is 12.6 Å². The van der Waals surface area contributed by atoms with Crippen LogP contribution in [0, 0.1) is 0 Å². The van der Waals surface area contributed by atoms with Crippen molar-refractivity contribution in [1.82, 2.24) is 5.32 Å². The normalized spacial score (nSPS) is 19.4. The molecular weight excluding hydrogens is 198 g/mol. The molecule has 0 amide bonds. The van der Waals surface area contributed by atoms with Crippen molar-refractivity contribution in [3.8, 4) is 0 Å². The van der Waals surface area contributed by atoms with E-state index in [2.05, 4.69) is 36.5 Å². The van der Waals surface area contributed by atoms with Crippen molar-refractivity contribution in [3.63, 3.8) is 0 Å². The molecule has 1 fully saturated rings. The number of hydrogen-bond donors (Lipinski definition) is 2. The summed E-state index contributed by atoms with van der Waals surface area (Å²) >= 11 is 0. The zero-order valence-electron chi connectivity index (χ0n) is 9.89. The third kappa shape index (κ3) is 3.32. The molecule has 2 heteroatoms. The standard InChI is InChI=1S/C14H21NO/c1-11(12-5-3-2-4-6-12)9-14(10-16)15-13-7-8-13/h2-6,11,13-16H,7-10H2,1H3. The highest BCUT2D eigenvalue weighted by Gasteiger charge is 2.25. The van der Waals surface area contributed by atoms with Crippen LogP contribution < -0.4 is 5.32 Å². The molecule has 1 aromatic carbocycles. The molecule has 1 saturated carbocycles. The maximum absolute atomic E-state index is 9.34. The molecule has 1 aromatic rings. The third-order valence-electron chi connectivity index (χ3n) is 3.28. The number of hydrogen-bond acceptors (Lipinski definition) is 2. The first-order valence-electron chi connectivity index (χ1n) is 6.21. The van der Waals surface area contributed by atoms with E-state index in [1.165, 1.54) is 18.4 Å². The van der Waals surface area contributed by atoms with E-state index < -0.39 is 0 Å². The molecule has 0 aliphatic heterocycles. The molecule has 2 unspecified atom stereocenters. The number of aliphatic hydroxyl groups excluding tert-OH is 1. The molecule has 0 heterocycles. The van der Waals surface area contributed by atoms with Crippen LogP contribution in [0.3, 0.4) is 0 Å². The Balaban J connectivity index is 1.86. The van der Waals surface area contributed by atoms with E-state index in [4.69, 9.17) is 0 Å². The van der Waals surface area contributed by atoms with Crippen molar-refractivity contribution in [2.75, 3.05) is 6.61 Å². The predicted molar refractivity (Wildman–Crippen MR) is 66.5 cm³/mol. The fourth-order valence-corrected chi connectivity index (χ4v) is 2.12. The van der Waals surface area contributed by atoms with E-state index in [1.807, 2.05) is 6.07 Å². The van der Waals surface area contributed by atoms with Gasteiger partial charge in [0, 0.05) is 12.1 Å². The van der Waals surface area contributed by atoms with E-state index >= 15 is 0 Å². The second-order valence-corrected chi connectivity index (χ2v) is 4.87. The van der Waals surface area contributed by atoms with Crippen LogP contribution in [0.1, 0.15) is 37.7 Å². The summed E-state index contributed by atoms with van der Waals surface area (Å²) in [6.45, 7) is 2.47. The number of benzene rings is 1. The molecule has 88 valence electrons. The SMILES string of the molecule is CC(CC(CO)NC1CC1)c1ccccc1. The van der Waals surface area contributed by atoms with Gasteiger partial charge in [-0.25, -0.2) is 0 Å². The molecule has 2 atom stereocenters. The highest BCUT2D eigenvalue weighted by atomic mass is 16.3. The second kappa shape index (κ2) is 5.46. The summed E-state index contributed by atoms with van der Waals surface area (Å²) in [5.41, 5.74) is 1.36. The van der Waals surface area contributed by atoms with Gasteiger partial charge in [0.05, 0.1) is 6.61 Å². The average Bonchev–Trinajstić information content (AvgIpc) is 3.13. The molecule has 0 saturated heterocycles. The quantitative estimate of drug-likeness (QED) is 0.769. The zero-order chi connectivity index (χ0) is 11.4. The molecule has 0 bridgehead atoms. The zero-order valence-corrected chi connectivity index (χ0v) is 9.89. The van der Waals surface area contributed by atoms with E-state index in [0.29, 0.717) is 12.0 Å². The Labute approximate surface area is 97.7 Å². The van der Waals surface area contributed by atoms with Crippen molar-refractivity contribution in [3.05, 3.63) is 35.9 Å². The molecule has 0 aromatic heterocycles. The lowest BCUT2D eigenvalue weighted by atomic mass is 9.94. The summed E-state index contributed by atoms with van der Waals surface area (Å²) < 4.78 is 0. The molecule has 1 aliphatic rings. The molecule has 2 N–H and O–H groups in total. The van der Waals surface area contributed by atoms with Crippen LogP contribution in [0.2, 0.25) is 0 Å². The minimum absolute atomic E-state index is 0.244. The Hall–Kier alpha value is -0.860. The van der Waals surface area contributed by atoms with Crippen molar-refractivity contribution in [2.45, 2.75) is 44.2 Å². The van der Waals surface area contributed by atoms with Crippen LogP contribution in [-0.2, 0) is 0 Å². The van der Waals surface area contributed by atoms with Gasteiger partial charge in [0.25, 0.3) is 0 Å². The molecule has 2 rings (SSSR count). The number of aliphatic hydroxyl groups is 1. The van der Waals surface area contributed by atoms with Crippen molar-refractivity contribution in [2.24, 2.45) is 0 Å². The first-order valence-corrected chi connectivity index (χ1v) is 6.21. The molecule has 16 heavy (non-hydrogen) atoms. The number of nitrogens with one attached hydrogen (secondary N) is 1.